The Hall–Kier alpha value is -1.10. The van der Waals surface area contributed by atoms with Gasteiger partial charge in [0, 0.05) is 13.2 Å². The number of carbonyl (C=O) groups excluding carboxylic acids is 2. The van der Waals surface area contributed by atoms with E-state index in [4.69, 9.17) is 4.74 Å². The molecular formula is C13H22N2O3. The number of piperazine rings is 1. The topological polar surface area (TPSA) is 58.6 Å². The molecule has 2 fully saturated rings. The van der Waals surface area contributed by atoms with Crippen LogP contribution in [0, 0.1) is 5.92 Å². The Morgan fingerprint density at radius 2 is 2.22 bits per heavy atom. The van der Waals surface area contributed by atoms with Crippen molar-refractivity contribution in [2.45, 2.75) is 45.3 Å². The molecule has 2 amide bonds. The highest BCUT2D eigenvalue weighted by Gasteiger charge is 2.36. The lowest BCUT2D eigenvalue weighted by Crippen LogP contribution is -2.60. The maximum atomic E-state index is 11.9. The van der Waals surface area contributed by atoms with Gasteiger partial charge in [0.25, 0.3) is 0 Å². The van der Waals surface area contributed by atoms with Gasteiger partial charge in [0.2, 0.25) is 11.8 Å². The maximum absolute atomic E-state index is 11.9. The second-order valence-corrected chi connectivity index (χ2v) is 5.42. The zero-order chi connectivity index (χ0) is 13.1. The van der Waals surface area contributed by atoms with Crippen molar-refractivity contribution in [1.29, 1.82) is 0 Å². The minimum atomic E-state index is -0.326. The molecule has 0 aliphatic carbocycles. The summed E-state index contributed by atoms with van der Waals surface area (Å²) in [5.41, 5.74) is 0. The molecule has 0 saturated carbocycles. The molecule has 0 aromatic heterocycles. The molecular weight excluding hydrogens is 232 g/mol. The quantitative estimate of drug-likeness (QED) is 0.796. The highest BCUT2D eigenvalue weighted by atomic mass is 16.5. The summed E-state index contributed by atoms with van der Waals surface area (Å²) in [6.45, 7) is 5.53. The fourth-order valence-electron chi connectivity index (χ4n) is 2.75. The Morgan fingerprint density at radius 3 is 2.83 bits per heavy atom. The average Bonchev–Trinajstić information content (AvgIpc) is 2.82. The number of ether oxygens (including phenoxy) is 1. The molecule has 5 heteroatoms. The fourth-order valence-corrected chi connectivity index (χ4v) is 2.75. The van der Waals surface area contributed by atoms with Crippen LogP contribution in [-0.2, 0) is 14.3 Å². The van der Waals surface area contributed by atoms with E-state index >= 15 is 0 Å². The summed E-state index contributed by atoms with van der Waals surface area (Å²) >= 11 is 0. The zero-order valence-electron chi connectivity index (χ0n) is 11.1. The van der Waals surface area contributed by atoms with Crippen LogP contribution in [0.3, 0.4) is 0 Å². The summed E-state index contributed by atoms with van der Waals surface area (Å²) in [7, 11) is 0. The monoisotopic (exact) mass is 254 g/mol. The van der Waals surface area contributed by atoms with E-state index in [0.29, 0.717) is 6.54 Å². The molecule has 0 aromatic carbocycles. The molecule has 0 bridgehead atoms. The van der Waals surface area contributed by atoms with Crippen LogP contribution in [0.25, 0.3) is 0 Å². The highest BCUT2D eigenvalue weighted by Crippen LogP contribution is 2.19. The van der Waals surface area contributed by atoms with E-state index in [-0.39, 0.29) is 36.4 Å². The normalized spacial score (nSPS) is 28.9. The molecule has 2 rings (SSSR count). The van der Waals surface area contributed by atoms with Gasteiger partial charge in [-0.15, -0.1) is 0 Å². The van der Waals surface area contributed by atoms with Gasteiger partial charge in [0.1, 0.15) is 6.04 Å². The third-order valence-electron chi connectivity index (χ3n) is 3.69. The van der Waals surface area contributed by atoms with Crippen LogP contribution in [0.5, 0.6) is 0 Å². The number of nitrogens with one attached hydrogen (secondary N) is 1. The van der Waals surface area contributed by atoms with Gasteiger partial charge in [-0.1, -0.05) is 13.8 Å². The van der Waals surface area contributed by atoms with Gasteiger partial charge in [-0.05, 0) is 25.2 Å². The summed E-state index contributed by atoms with van der Waals surface area (Å²) < 4.78 is 5.56. The number of nitrogens with zero attached hydrogens (tertiary/aromatic N) is 1. The average molecular weight is 254 g/mol. The minimum Gasteiger partial charge on any atom is -0.378 e. The molecule has 2 heterocycles. The van der Waals surface area contributed by atoms with Gasteiger partial charge in [0.05, 0.1) is 12.6 Å². The van der Waals surface area contributed by atoms with Gasteiger partial charge in [-0.3, -0.25) is 9.59 Å². The van der Waals surface area contributed by atoms with Crippen molar-refractivity contribution >= 4 is 11.8 Å². The first-order valence-electron chi connectivity index (χ1n) is 6.78. The first-order valence-corrected chi connectivity index (χ1v) is 6.78. The SMILES string of the molecule is CC(C)C1C(=O)NCC(=O)N1CCC1CCCO1. The van der Waals surface area contributed by atoms with Crippen LogP contribution in [0.1, 0.15) is 33.1 Å². The standard InChI is InChI=1S/C13H22N2O3/c1-9(2)12-13(17)14-8-11(16)15(12)6-5-10-4-3-7-18-10/h9-10,12H,3-8H2,1-2H3,(H,14,17). The molecule has 102 valence electrons. The van der Waals surface area contributed by atoms with E-state index in [9.17, 15) is 9.59 Å². The number of hydrogen-bond acceptors (Lipinski definition) is 3. The smallest absolute Gasteiger partial charge is 0.243 e. The summed E-state index contributed by atoms with van der Waals surface area (Å²) in [5, 5.41) is 2.66. The molecule has 2 saturated heterocycles. The number of hydrogen-bond donors (Lipinski definition) is 1. The molecule has 1 N–H and O–H groups in total. The number of carbonyl (C=O) groups is 2. The summed E-state index contributed by atoms with van der Waals surface area (Å²) in [6.07, 6.45) is 3.27. The molecule has 2 unspecified atom stereocenters. The Balaban J connectivity index is 1.96. The van der Waals surface area contributed by atoms with Crippen molar-refractivity contribution in [2.75, 3.05) is 19.7 Å². The van der Waals surface area contributed by atoms with E-state index < -0.39 is 0 Å². The Kier molecular flexibility index (Phi) is 4.22. The highest BCUT2D eigenvalue weighted by molar-refractivity contribution is 5.94. The molecule has 2 atom stereocenters. The first kappa shape index (κ1) is 13.3. The second-order valence-electron chi connectivity index (χ2n) is 5.42. The molecule has 18 heavy (non-hydrogen) atoms. The van der Waals surface area contributed by atoms with E-state index in [1.54, 1.807) is 4.90 Å². The van der Waals surface area contributed by atoms with Gasteiger partial charge in [-0.2, -0.15) is 0 Å². The molecule has 2 aliphatic rings. The van der Waals surface area contributed by atoms with Crippen molar-refractivity contribution in [1.82, 2.24) is 10.2 Å². The first-order chi connectivity index (χ1) is 8.59. The van der Waals surface area contributed by atoms with Gasteiger partial charge >= 0.3 is 0 Å². The minimum absolute atomic E-state index is 0.0197. The summed E-state index contributed by atoms with van der Waals surface area (Å²) in [4.78, 5) is 25.5. The third kappa shape index (κ3) is 2.83. The lowest BCUT2D eigenvalue weighted by Gasteiger charge is -2.37. The van der Waals surface area contributed by atoms with Crippen LogP contribution in [0.15, 0.2) is 0 Å². The lowest BCUT2D eigenvalue weighted by molar-refractivity contribution is -0.147. The van der Waals surface area contributed by atoms with E-state index in [1.807, 2.05) is 13.8 Å². The zero-order valence-corrected chi connectivity index (χ0v) is 11.1. The van der Waals surface area contributed by atoms with Crippen LogP contribution in [0.4, 0.5) is 0 Å². The van der Waals surface area contributed by atoms with Crippen LogP contribution in [-0.4, -0.2) is 48.6 Å². The molecule has 0 radical (unpaired) electrons. The van der Waals surface area contributed by atoms with Gasteiger partial charge in [0.15, 0.2) is 0 Å². The Morgan fingerprint density at radius 1 is 1.44 bits per heavy atom. The lowest BCUT2D eigenvalue weighted by atomic mass is 9.98. The number of rotatable bonds is 4. The molecule has 0 aromatic rings. The predicted molar refractivity (Wildman–Crippen MR) is 66.9 cm³/mol. The van der Waals surface area contributed by atoms with Gasteiger partial charge < -0.3 is 15.0 Å². The predicted octanol–water partition coefficient (Wildman–Crippen LogP) is 0.539. The van der Waals surface area contributed by atoms with Crippen molar-refractivity contribution in [2.24, 2.45) is 5.92 Å². The molecule has 2 aliphatic heterocycles. The van der Waals surface area contributed by atoms with Crippen molar-refractivity contribution in [3.05, 3.63) is 0 Å². The van der Waals surface area contributed by atoms with E-state index in [0.717, 1.165) is 25.9 Å². The largest absolute Gasteiger partial charge is 0.378 e. The fraction of sp³-hybridized carbons (Fsp3) is 0.846. The third-order valence-corrected chi connectivity index (χ3v) is 3.69. The van der Waals surface area contributed by atoms with Crippen molar-refractivity contribution in [3.8, 4) is 0 Å². The van der Waals surface area contributed by atoms with Gasteiger partial charge in [-0.25, -0.2) is 0 Å². The van der Waals surface area contributed by atoms with E-state index in [1.165, 1.54) is 0 Å². The van der Waals surface area contributed by atoms with Crippen molar-refractivity contribution < 1.29 is 14.3 Å². The maximum Gasteiger partial charge on any atom is 0.243 e. The summed E-state index contributed by atoms with van der Waals surface area (Å²) in [5.74, 6) is 0.127. The Bertz CT molecular complexity index is 324. The second kappa shape index (κ2) is 5.69. The van der Waals surface area contributed by atoms with E-state index in [2.05, 4.69) is 5.32 Å². The Labute approximate surface area is 108 Å². The van der Waals surface area contributed by atoms with Crippen molar-refractivity contribution in [3.63, 3.8) is 0 Å². The van der Waals surface area contributed by atoms with Crippen LogP contribution >= 0.6 is 0 Å². The van der Waals surface area contributed by atoms with Crippen LogP contribution < -0.4 is 5.32 Å². The molecule has 0 spiro atoms. The summed E-state index contributed by atoms with van der Waals surface area (Å²) in [6, 6.07) is -0.326. The van der Waals surface area contributed by atoms with Crippen LogP contribution in [0.2, 0.25) is 0 Å². The molecule has 5 nitrogen and oxygen atoms in total. The number of amides is 2.